The van der Waals surface area contributed by atoms with Crippen LogP contribution in [0.4, 0.5) is 0 Å². The maximum Gasteiger partial charge on any atom is 0.0624 e. The predicted octanol–water partition coefficient (Wildman–Crippen LogP) is 2.73. The summed E-state index contributed by atoms with van der Waals surface area (Å²) in [7, 11) is 1.79. The van der Waals surface area contributed by atoms with Crippen LogP contribution < -0.4 is 5.32 Å². The van der Waals surface area contributed by atoms with Gasteiger partial charge in [-0.25, -0.2) is 0 Å². The fourth-order valence-electron chi connectivity index (χ4n) is 2.64. The summed E-state index contributed by atoms with van der Waals surface area (Å²) in [4.78, 5) is 0. The molecule has 2 nitrogen and oxygen atoms in total. The molecule has 0 amide bonds. The molecule has 2 rings (SSSR count). The lowest BCUT2D eigenvalue weighted by atomic mass is 9.88. The molecule has 0 saturated heterocycles. The Kier molecular flexibility index (Phi) is 4.19. The van der Waals surface area contributed by atoms with Crippen molar-refractivity contribution in [3.8, 4) is 0 Å². The van der Waals surface area contributed by atoms with E-state index in [1.54, 1.807) is 7.11 Å². The van der Waals surface area contributed by atoms with Crippen molar-refractivity contribution in [3.05, 3.63) is 35.9 Å². The van der Waals surface area contributed by atoms with Crippen molar-refractivity contribution in [2.45, 2.75) is 37.6 Å². The van der Waals surface area contributed by atoms with E-state index in [-0.39, 0.29) is 0 Å². The lowest BCUT2D eigenvalue weighted by Gasteiger charge is -2.28. The van der Waals surface area contributed by atoms with Crippen LogP contribution >= 0.6 is 0 Å². The Morgan fingerprint density at radius 1 is 1.29 bits per heavy atom. The van der Waals surface area contributed by atoms with Crippen LogP contribution in [-0.2, 0) is 10.2 Å². The summed E-state index contributed by atoms with van der Waals surface area (Å²) in [5.41, 5.74) is 1.79. The maximum absolute atomic E-state index is 5.39. The standard InChI is InChI=1S/C15H23NO/c1-3-11-16-14(12-17-2)15(9-10-15)13-7-5-4-6-8-13/h4-8,14,16H,3,9-12H2,1-2H3. The van der Waals surface area contributed by atoms with Crippen LogP contribution in [0.25, 0.3) is 0 Å². The second-order valence-electron chi connectivity index (χ2n) is 4.98. The third-order valence-corrected chi connectivity index (χ3v) is 3.78. The molecule has 17 heavy (non-hydrogen) atoms. The monoisotopic (exact) mass is 233 g/mol. The van der Waals surface area contributed by atoms with Crippen molar-refractivity contribution in [1.29, 1.82) is 0 Å². The lowest BCUT2D eigenvalue weighted by Crippen LogP contribution is -2.43. The Hall–Kier alpha value is -0.860. The van der Waals surface area contributed by atoms with E-state index in [2.05, 4.69) is 42.6 Å². The van der Waals surface area contributed by atoms with E-state index in [4.69, 9.17) is 4.74 Å². The topological polar surface area (TPSA) is 21.3 Å². The first kappa shape index (κ1) is 12.6. The van der Waals surface area contributed by atoms with Gasteiger partial charge >= 0.3 is 0 Å². The highest BCUT2D eigenvalue weighted by molar-refractivity contribution is 5.34. The minimum atomic E-state index is 0.326. The van der Waals surface area contributed by atoms with Gasteiger partial charge in [-0.1, -0.05) is 37.3 Å². The van der Waals surface area contributed by atoms with Crippen molar-refractivity contribution >= 4 is 0 Å². The largest absolute Gasteiger partial charge is 0.383 e. The van der Waals surface area contributed by atoms with Gasteiger partial charge in [0.1, 0.15) is 0 Å². The molecule has 0 bridgehead atoms. The van der Waals surface area contributed by atoms with Crippen LogP contribution in [0, 0.1) is 0 Å². The Bertz CT molecular complexity index is 332. The van der Waals surface area contributed by atoms with E-state index < -0.39 is 0 Å². The highest BCUT2D eigenvalue weighted by atomic mass is 16.5. The number of hydrogen-bond donors (Lipinski definition) is 1. The van der Waals surface area contributed by atoms with Crippen LogP contribution in [0.1, 0.15) is 31.7 Å². The molecule has 1 unspecified atom stereocenters. The van der Waals surface area contributed by atoms with Crippen molar-refractivity contribution in [2.24, 2.45) is 0 Å². The van der Waals surface area contributed by atoms with Crippen molar-refractivity contribution < 1.29 is 4.74 Å². The third-order valence-electron chi connectivity index (χ3n) is 3.78. The smallest absolute Gasteiger partial charge is 0.0624 e. The average molecular weight is 233 g/mol. The summed E-state index contributed by atoms with van der Waals surface area (Å²) in [6.07, 6.45) is 3.73. The molecule has 0 radical (unpaired) electrons. The third kappa shape index (κ3) is 2.70. The van der Waals surface area contributed by atoms with E-state index in [1.807, 2.05) is 0 Å². The molecule has 1 aromatic carbocycles. The molecule has 1 aliphatic carbocycles. The molecule has 1 aromatic rings. The average Bonchev–Trinajstić information content (AvgIpc) is 3.17. The fourth-order valence-corrected chi connectivity index (χ4v) is 2.64. The first-order valence-electron chi connectivity index (χ1n) is 6.61. The quantitative estimate of drug-likeness (QED) is 0.782. The summed E-state index contributed by atoms with van der Waals surface area (Å²) >= 11 is 0. The molecule has 1 aliphatic rings. The van der Waals surface area contributed by atoms with Gasteiger partial charge in [0.25, 0.3) is 0 Å². The van der Waals surface area contributed by atoms with Gasteiger partial charge in [-0.05, 0) is 31.4 Å². The zero-order valence-corrected chi connectivity index (χ0v) is 10.9. The van der Waals surface area contributed by atoms with Gasteiger partial charge in [0.05, 0.1) is 6.61 Å². The summed E-state index contributed by atoms with van der Waals surface area (Å²) in [5.74, 6) is 0. The van der Waals surface area contributed by atoms with Crippen LogP contribution in [-0.4, -0.2) is 26.3 Å². The second kappa shape index (κ2) is 5.65. The van der Waals surface area contributed by atoms with Gasteiger partial charge in [-0.3, -0.25) is 0 Å². The Labute approximate surface area is 104 Å². The van der Waals surface area contributed by atoms with Crippen LogP contribution in [0.15, 0.2) is 30.3 Å². The van der Waals surface area contributed by atoms with E-state index in [0.29, 0.717) is 11.5 Å². The molecule has 0 heterocycles. The molecular formula is C15H23NO. The number of hydrogen-bond acceptors (Lipinski definition) is 2. The van der Waals surface area contributed by atoms with Crippen molar-refractivity contribution in [3.63, 3.8) is 0 Å². The molecule has 1 atom stereocenters. The molecule has 1 fully saturated rings. The Morgan fingerprint density at radius 3 is 2.53 bits per heavy atom. The molecule has 1 saturated carbocycles. The number of benzene rings is 1. The van der Waals surface area contributed by atoms with Crippen molar-refractivity contribution in [2.75, 3.05) is 20.3 Å². The molecular weight excluding hydrogens is 210 g/mol. The van der Waals surface area contributed by atoms with E-state index in [9.17, 15) is 0 Å². The zero-order chi connectivity index (χ0) is 12.1. The zero-order valence-electron chi connectivity index (χ0n) is 10.9. The molecule has 1 N–H and O–H groups in total. The van der Waals surface area contributed by atoms with Crippen LogP contribution in [0.5, 0.6) is 0 Å². The fraction of sp³-hybridized carbons (Fsp3) is 0.600. The number of rotatable bonds is 7. The van der Waals surface area contributed by atoms with Gasteiger partial charge in [-0.2, -0.15) is 0 Å². The van der Waals surface area contributed by atoms with E-state index in [0.717, 1.165) is 13.2 Å². The molecule has 2 heteroatoms. The summed E-state index contributed by atoms with van der Waals surface area (Å²) in [6, 6.07) is 11.3. The normalized spacial score (nSPS) is 18.9. The van der Waals surface area contributed by atoms with Gasteiger partial charge in [-0.15, -0.1) is 0 Å². The molecule has 0 spiro atoms. The van der Waals surface area contributed by atoms with Crippen LogP contribution in [0.3, 0.4) is 0 Å². The van der Waals surface area contributed by atoms with Gasteiger partial charge in [0.15, 0.2) is 0 Å². The van der Waals surface area contributed by atoms with Crippen LogP contribution in [0.2, 0.25) is 0 Å². The number of ether oxygens (including phenoxy) is 1. The summed E-state index contributed by atoms with van der Waals surface area (Å²) in [6.45, 7) is 4.08. The van der Waals surface area contributed by atoms with Gasteiger partial charge in [0.2, 0.25) is 0 Å². The predicted molar refractivity (Wildman–Crippen MR) is 71.3 cm³/mol. The SMILES string of the molecule is CCCNC(COC)C1(c2ccccc2)CC1. The number of methoxy groups -OCH3 is 1. The van der Waals surface area contributed by atoms with E-state index >= 15 is 0 Å². The summed E-state index contributed by atoms with van der Waals surface area (Å²) in [5, 5.41) is 3.65. The first-order chi connectivity index (χ1) is 8.33. The van der Waals surface area contributed by atoms with Crippen molar-refractivity contribution in [1.82, 2.24) is 5.32 Å². The summed E-state index contributed by atoms with van der Waals surface area (Å²) < 4.78 is 5.39. The highest BCUT2D eigenvalue weighted by Gasteiger charge is 2.50. The second-order valence-corrected chi connectivity index (χ2v) is 4.98. The Morgan fingerprint density at radius 2 is 2.00 bits per heavy atom. The van der Waals surface area contributed by atoms with E-state index in [1.165, 1.54) is 24.8 Å². The van der Waals surface area contributed by atoms with Gasteiger partial charge < -0.3 is 10.1 Å². The minimum Gasteiger partial charge on any atom is -0.383 e. The van der Waals surface area contributed by atoms with Gasteiger partial charge in [0, 0.05) is 18.6 Å². The molecule has 0 aliphatic heterocycles. The maximum atomic E-state index is 5.39. The lowest BCUT2D eigenvalue weighted by molar-refractivity contribution is 0.150. The minimum absolute atomic E-state index is 0.326. The molecule has 94 valence electrons. The number of nitrogens with one attached hydrogen (secondary N) is 1. The molecule has 0 aromatic heterocycles. The highest BCUT2D eigenvalue weighted by Crippen LogP contribution is 2.50. The Balaban J connectivity index is 2.11. The first-order valence-corrected chi connectivity index (χ1v) is 6.61.